The molecule has 3 heterocycles. The number of piperazine rings is 1. The topological polar surface area (TPSA) is 76.5 Å². The number of ether oxygens (including phenoxy) is 1. The first kappa shape index (κ1) is 16.4. The van der Waals surface area contributed by atoms with E-state index >= 15 is 0 Å². The minimum Gasteiger partial charge on any atom is -0.443 e. The Morgan fingerprint density at radius 3 is 2.92 bits per heavy atom. The first-order valence-electron chi connectivity index (χ1n) is 8.00. The van der Waals surface area contributed by atoms with E-state index in [0.29, 0.717) is 19.6 Å². The number of amides is 1. The zero-order chi connectivity index (χ0) is 17.3. The molecule has 3 rings (SSSR count). The van der Waals surface area contributed by atoms with Gasteiger partial charge in [0.15, 0.2) is 0 Å². The number of pyridine rings is 1. The maximum absolute atomic E-state index is 12.7. The summed E-state index contributed by atoms with van der Waals surface area (Å²) in [6, 6.07) is 3.73. The van der Waals surface area contributed by atoms with E-state index in [2.05, 4.69) is 10.3 Å². The van der Waals surface area contributed by atoms with Crippen LogP contribution in [0.1, 0.15) is 26.5 Å². The number of hydrogen-bond acceptors (Lipinski definition) is 5. The first-order valence-corrected chi connectivity index (χ1v) is 8.00. The van der Waals surface area contributed by atoms with Gasteiger partial charge in [0.25, 0.3) is 0 Å². The minimum atomic E-state index is -0.580. The number of hydrogen-bond donors (Lipinski definition) is 1. The van der Waals surface area contributed by atoms with E-state index in [1.54, 1.807) is 23.0 Å². The van der Waals surface area contributed by atoms with E-state index in [1.165, 1.54) is 0 Å². The molecule has 1 saturated heterocycles. The monoisotopic (exact) mass is 330 g/mol. The van der Waals surface area contributed by atoms with Crippen molar-refractivity contribution in [3.8, 4) is 0 Å². The normalized spacial score (nSPS) is 16.2. The molecule has 0 aliphatic carbocycles. The van der Waals surface area contributed by atoms with E-state index in [9.17, 15) is 9.59 Å². The van der Waals surface area contributed by atoms with Gasteiger partial charge in [0.1, 0.15) is 5.60 Å². The SMILES string of the molecule is CC(C)(C)OC(=O)n1c(CN2CCNC(=O)C2)cc2cnccc21. The van der Waals surface area contributed by atoms with Crippen molar-refractivity contribution in [2.75, 3.05) is 19.6 Å². The van der Waals surface area contributed by atoms with Gasteiger partial charge in [0.2, 0.25) is 5.91 Å². The number of rotatable bonds is 2. The van der Waals surface area contributed by atoms with E-state index in [0.717, 1.165) is 23.1 Å². The lowest BCUT2D eigenvalue weighted by atomic mass is 10.2. The van der Waals surface area contributed by atoms with Gasteiger partial charge in [-0.25, -0.2) is 9.36 Å². The molecule has 0 atom stereocenters. The molecule has 2 aromatic heterocycles. The smallest absolute Gasteiger partial charge is 0.419 e. The van der Waals surface area contributed by atoms with Gasteiger partial charge in [-0.1, -0.05) is 0 Å². The fourth-order valence-electron chi connectivity index (χ4n) is 2.81. The molecule has 0 saturated carbocycles. The van der Waals surface area contributed by atoms with Crippen molar-refractivity contribution in [2.45, 2.75) is 32.9 Å². The lowest BCUT2D eigenvalue weighted by molar-refractivity contribution is -0.124. The Labute approximate surface area is 140 Å². The number of carbonyl (C=O) groups excluding carboxylic acids is 2. The lowest BCUT2D eigenvalue weighted by Crippen LogP contribution is -2.47. The van der Waals surface area contributed by atoms with Gasteiger partial charge in [-0.05, 0) is 32.9 Å². The molecule has 7 heteroatoms. The van der Waals surface area contributed by atoms with Crippen molar-refractivity contribution < 1.29 is 14.3 Å². The van der Waals surface area contributed by atoms with Crippen LogP contribution in [0.4, 0.5) is 4.79 Å². The zero-order valence-corrected chi connectivity index (χ0v) is 14.2. The molecule has 1 N–H and O–H groups in total. The Balaban J connectivity index is 1.95. The third kappa shape index (κ3) is 3.56. The lowest BCUT2D eigenvalue weighted by Gasteiger charge is -2.27. The average molecular weight is 330 g/mol. The average Bonchev–Trinajstić information content (AvgIpc) is 2.83. The highest BCUT2D eigenvalue weighted by atomic mass is 16.6. The molecular formula is C17H22N4O3. The summed E-state index contributed by atoms with van der Waals surface area (Å²) >= 11 is 0. The molecular weight excluding hydrogens is 308 g/mol. The van der Waals surface area contributed by atoms with E-state index < -0.39 is 11.7 Å². The molecule has 1 fully saturated rings. The number of nitrogens with one attached hydrogen (secondary N) is 1. The number of fused-ring (bicyclic) bond motifs is 1. The van der Waals surface area contributed by atoms with E-state index in [-0.39, 0.29) is 5.91 Å². The summed E-state index contributed by atoms with van der Waals surface area (Å²) in [6.45, 7) is 7.72. The zero-order valence-electron chi connectivity index (χ0n) is 14.2. The molecule has 0 unspecified atom stereocenters. The van der Waals surface area contributed by atoms with Gasteiger partial charge >= 0.3 is 6.09 Å². The molecule has 0 aromatic carbocycles. The van der Waals surface area contributed by atoms with Gasteiger partial charge in [-0.3, -0.25) is 14.7 Å². The van der Waals surface area contributed by atoms with Gasteiger partial charge in [-0.15, -0.1) is 0 Å². The van der Waals surface area contributed by atoms with Crippen LogP contribution in [-0.4, -0.2) is 51.7 Å². The van der Waals surface area contributed by atoms with Crippen molar-refractivity contribution in [2.24, 2.45) is 0 Å². The molecule has 128 valence electrons. The number of aromatic nitrogens is 2. The van der Waals surface area contributed by atoms with Crippen molar-refractivity contribution in [1.29, 1.82) is 0 Å². The van der Waals surface area contributed by atoms with Crippen LogP contribution in [0.15, 0.2) is 24.5 Å². The highest BCUT2D eigenvalue weighted by Gasteiger charge is 2.24. The molecule has 7 nitrogen and oxygen atoms in total. The van der Waals surface area contributed by atoms with E-state index in [1.807, 2.05) is 31.7 Å². The first-order chi connectivity index (χ1) is 11.3. The Bertz CT molecular complexity index is 776. The van der Waals surface area contributed by atoms with Gasteiger partial charge in [0, 0.05) is 43.1 Å². The Morgan fingerprint density at radius 1 is 1.42 bits per heavy atom. The fraction of sp³-hybridized carbons (Fsp3) is 0.471. The third-order valence-electron chi connectivity index (χ3n) is 3.76. The molecule has 24 heavy (non-hydrogen) atoms. The Morgan fingerprint density at radius 2 is 2.21 bits per heavy atom. The van der Waals surface area contributed by atoms with Gasteiger partial charge in [-0.2, -0.15) is 0 Å². The summed E-state index contributed by atoms with van der Waals surface area (Å²) in [5.41, 5.74) is 0.973. The molecule has 1 aliphatic rings. The van der Waals surface area contributed by atoms with Crippen LogP contribution in [0.5, 0.6) is 0 Å². The van der Waals surface area contributed by atoms with Crippen LogP contribution in [0.3, 0.4) is 0 Å². The summed E-state index contributed by atoms with van der Waals surface area (Å²) in [6.07, 6.45) is 2.96. The Kier molecular flexibility index (Phi) is 4.28. The molecule has 0 spiro atoms. The quantitative estimate of drug-likeness (QED) is 0.908. The van der Waals surface area contributed by atoms with Crippen molar-refractivity contribution >= 4 is 22.9 Å². The summed E-state index contributed by atoms with van der Waals surface area (Å²) in [7, 11) is 0. The minimum absolute atomic E-state index is 0.00264. The maximum Gasteiger partial charge on any atom is 0.419 e. The second kappa shape index (κ2) is 6.24. The predicted molar refractivity (Wildman–Crippen MR) is 89.7 cm³/mol. The highest BCUT2D eigenvalue weighted by molar-refractivity contribution is 5.90. The summed E-state index contributed by atoms with van der Waals surface area (Å²) in [5.74, 6) is 0.00264. The van der Waals surface area contributed by atoms with Crippen LogP contribution in [0.2, 0.25) is 0 Å². The standard InChI is InChI=1S/C17H22N4O3/c1-17(2,3)24-16(23)21-13(8-12-9-18-5-4-14(12)21)10-20-7-6-19-15(22)11-20/h4-5,8-9H,6-7,10-11H2,1-3H3,(H,19,22). The summed E-state index contributed by atoms with van der Waals surface area (Å²) in [5, 5.41) is 3.68. The molecule has 1 amide bonds. The second-order valence-electron chi connectivity index (χ2n) is 6.95. The van der Waals surface area contributed by atoms with Crippen LogP contribution >= 0.6 is 0 Å². The van der Waals surface area contributed by atoms with E-state index in [4.69, 9.17) is 4.74 Å². The number of carbonyl (C=O) groups is 2. The molecule has 0 bridgehead atoms. The fourth-order valence-corrected chi connectivity index (χ4v) is 2.81. The Hall–Kier alpha value is -2.41. The second-order valence-corrected chi connectivity index (χ2v) is 6.95. The van der Waals surface area contributed by atoms with Gasteiger partial charge in [0.05, 0.1) is 12.1 Å². The highest BCUT2D eigenvalue weighted by Crippen LogP contribution is 2.22. The predicted octanol–water partition coefficient (Wildman–Crippen LogP) is 1.75. The largest absolute Gasteiger partial charge is 0.443 e. The van der Waals surface area contributed by atoms with Crippen LogP contribution in [0, 0.1) is 0 Å². The summed E-state index contributed by atoms with van der Waals surface area (Å²) < 4.78 is 7.13. The molecule has 1 aliphatic heterocycles. The molecule has 0 radical (unpaired) electrons. The van der Waals surface area contributed by atoms with Crippen molar-refractivity contribution in [1.82, 2.24) is 19.8 Å². The van der Waals surface area contributed by atoms with Crippen LogP contribution < -0.4 is 5.32 Å². The third-order valence-corrected chi connectivity index (χ3v) is 3.76. The maximum atomic E-state index is 12.7. The summed E-state index contributed by atoms with van der Waals surface area (Å²) in [4.78, 5) is 30.4. The van der Waals surface area contributed by atoms with Crippen molar-refractivity contribution in [3.63, 3.8) is 0 Å². The van der Waals surface area contributed by atoms with Crippen LogP contribution in [0.25, 0.3) is 10.9 Å². The van der Waals surface area contributed by atoms with Gasteiger partial charge < -0.3 is 10.1 Å². The number of nitrogens with zero attached hydrogens (tertiary/aromatic N) is 3. The molecule has 2 aromatic rings. The van der Waals surface area contributed by atoms with Crippen LogP contribution in [-0.2, 0) is 16.1 Å². The van der Waals surface area contributed by atoms with Crippen molar-refractivity contribution in [3.05, 3.63) is 30.2 Å².